The van der Waals surface area contributed by atoms with Gasteiger partial charge in [0.2, 0.25) is 0 Å². The van der Waals surface area contributed by atoms with Gasteiger partial charge in [-0.25, -0.2) is 0 Å². The summed E-state index contributed by atoms with van der Waals surface area (Å²) < 4.78 is 5.19. The highest BCUT2D eigenvalue weighted by Gasteiger charge is 2.13. The third-order valence-electron chi connectivity index (χ3n) is 1.37. The summed E-state index contributed by atoms with van der Waals surface area (Å²) in [5, 5.41) is 1.09. The van der Waals surface area contributed by atoms with E-state index in [1.54, 1.807) is 6.07 Å². The summed E-state index contributed by atoms with van der Waals surface area (Å²) >= 11 is 23.2. The number of rotatable bonds is 2. The molecule has 13 heavy (non-hydrogen) atoms. The van der Waals surface area contributed by atoms with Gasteiger partial charge in [0, 0.05) is 6.07 Å². The van der Waals surface area contributed by atoms with Crippen molar-refractivity contribution in [3.63, 3.8) is 0 Å². The lowest BCUT2D eigenvalue weighted by molar-refractivity contribution is 0.340. The summed E-state index contributed by atoms with van der Waals surface area (Å²) in [4.78, 5) is 0. The Bertz CT molecular complexity index is 324. The standard InChI is InChI=1S/C8H6Cl4O/c1-2-13-5-3-4(9)6(10)8(12)7(5)11/h3H,2H2,1H3. The first-order chi connectivity index (χ1) is 6.07. The molecule has 0 unspecified atom stereocenters. The second-order valence-electron chi connectivity index (χ2n) is 2.23. The second kappa shape index (κ2) is 4.61. The van der Waals surface area contributed by atoms with Crippen LogP contribution in [0.15, 0.2) is 6.07 Å². The van der Waals surface area contributed by atoms with Gasteiger partial charge in [0.15, 0.2) is 0 Å². The minimum Gasteiger partial charge on any atom is -0.492 e. The van der Waals surface area contributed by atoms with Crippen LogP contribution in [0, 0.1) is 0 Å². The average Bonchev–Trinajstić information content (AvgIpc) is 2.11. The van der Waals surface area contributed by atoms with Crippen molar-refractivity contribution in [1.29, 1.82) is 0 Å². The molecular weight excluding hydrogens is 254 g/mol. The molecule has 0 N–H and O–H groups in total. The lowest BCUT2D eigenvalue weighted by atomic mass is 10.3. The Morgan fingerprint density at radius 2 is 1.69 bits per heavy atom. The van der Waals surface area contributed by atoms with Gasteiger partial charge < -0.3 is 4.74 Å². The van der Waals surface area contributed by atoms with Gasteiger partial charge in [0.05, 0.1) is 21.7 Å². The Labute approximate surface area is 96.5 Å². The smallest absolute Gasteiger partial charge is 0.140 e. The van der Waals surface area contributed by atoms with Crippen molar-refractivity contribution in [3.8, 4) is 5.75 Å². The Kier molecular flexibility index (Phi) is 3.99. The molecule has 0 spiro atoms. The number of hydrogen-bond acceptors (Lipinski definition) is 1. The van der Waals surface area contributed by atoms with Gasteiger partial charge in [-0.3, -0.25) is 0 Å². The van der Waals surface area contributed by atoms with Crippen molar-refractivity contribution in [3.05, 3.63) is 26.2 Å². The van der Waals surface area contributed by atoms with E-state index >= 15 is 0 Å². The Balaban J connectivity index is 3.24. The molecule has 0 bridgehead atoms. The topological polar surface area (TPSA) is 9.23 Å². The SMILES string of the molecule is CCOc1cc(Cl)c(Cl)c(Cl)c1Cl. The maximum Gasteiger partial charge on any atom is 0.140 e. The van der Waals surface area contributed by atoms with Crippen molar-refractivity contribution in [2.45, 2.75) is 6.92 Å². The van der Waals surface area contributed by atoms with E-state index in [9.17, 15) is 0 Å². The molecule has 1 rings (SSSR count). The van der Waals surface area contributed by atoms with Crippen LogP contribution in [0.1, 0.15) is 6.92 Å². The lowest BCUT2D eigenvalue weighted by Gasteiger charge is -2.08. The van der Waals surface area contributed by atoms with E-state index in [1.807, 2.05) is 6.92 Å². The molecule has 1 aromatic rings. The first-order valence-electron chi connectivity index (χ1n) is 3.53. The van der Waals surface area contributed by atoms with Crippen LogP contribution in [0.2, 0.25) is 20.1 Å². The van der Waals surface area contributed by atoms with Crippen molar-refractivity contribution >= 4 is 46.4 Å². The van der Waals surface area contributed by atoms with Crippen LogP contribution < -0.4 is 4.74 Å². The highest BCUT2D eigenvalue weighted by Crippen LogP contribution is 2.41. The Hall–Kier alpha value is 0.180. The minimum absolute atomic E-state index is 0.222. The number of ether oxygens (including phenoxy) is 1. The van der Waals surface area contributed by atoms with Crippen LogP contribution in [-0.2, 0) is 0 Å². The first-order valence-corrected chi connectivity index (χ1v) is 5.05. The van der Waals surface area contributed by atoms with E-state index in [-0.39, 0.29) is 15.1 Å². The molecule has 0 amide bonds. The van der Waals surface area contributed by atoms with Crippen LogP contribution in [0.5, 0.6) is 5.75 Å². The second-order valence-corrected chi connectivity index (χ2v) is 3.77. The van der Waals surface area contributed by atoms with E-state index in [0.29, 0.717) is 17.4 Å². The van der Waals surface area contributed by atoms with Crippen molar-refractivity contribution < 1.29 is 4.74 Å². The molecule has 0 radical (unpaired) electrons. The normalized spacial score (nSPS) is 10.2. The summed E-state index contributed by atoms with van der Waals surface area (Å²) in [7, 11) is 0. The maximum atomic E-state index is 5.85. The monoisotopic (exact) mass is 258 g/mol. The number of halogens is 4. The molecule has 72 valence electrons. The molecule has 0 aliphatic rings. The zero-order valence-electron chi connectivity index (χ0n) is 6.70. The van der Waals surface area contributed by atoms with Gasteiger partial charge in [-0.15, -0.1) is 0 Å². The largest absolute Gasteiger partial charge is 0.492 e. The molecule has 5 heteroatoms. The van der Waals surface area contributed by atoms with Gasteiger partial charge in [-0.05, 0) is 6.92 Å². The molecule has 0 saturated carbocycles. The summed E-state index contributed by atoms with van der Waals surface area (Å²) in [6.07, 6.45) is 0. The highest BCUT2D eigenvalue weighted by molar-refractivity contribution is 6.52. The quantitative estimate of drug-likeness (QED) is 0.553. The van der Waals surface area contributed by atoms with E-state index in [4.69, 9.17) is 51.1 Å². The molecule has 1 aromatic carbocycles. The van der Waals surface area contributed by atoms with Gasteiger partial charge >= 0.3 is 0 Å². The highest BCUT2D eigenvalue weighted by atomic mass is 35.5. The zero-order chi connectivity index (χ0) is 10.0. The molecule has 0 fully saturated rings. The summed E-state index contributed by atoms with van der Waals surface area (Å²) in [5.41, 5.74) is 0. The molecule has 0 atom stereocenters. The fourth-order valence-corrected chi connectivity index (χ4v) is 1.65. The third-order valence-corrected chi connectivity index (χ3v) is 3.10. The lowest BCUT2D eigenvalue weighted by Crippen LogP contribution is -1.92. The van der Waals surface area contributed by atoms with Crippen LogP contribution in [0.3, 0.4) is 0 Å². The molecular formula is C8H6Cl4O. The van der Waals surface area contributed by atoms with Crippen molar-refractivity contribution in [1.82, 2.24) is 0 Å². The number of hydrogen-bond donors (Lipinski definition) is 0. The van der Waals surface area contributed by atoms with Crippen LogP contribution in [-0.4, -0.2) is 6.61 Å². The van der Waals surface area contributed by atoms with Crippen LogP contribution in [0.25, 0.3) is 0 Å². The third kappa shape index (κ3) is 2.35. The first kappa shape index (κ1) is 11.3. The minimum atomic E-state index is 0.222. The van der Waals surface area contributed by atoms with Crippen LogP contribution >= 0.6 is 46.4 Å². The van der Waals surface area contributed by atoms with Gasteiger partial charge in [-0.2, -0.15) is 0 Å². The number of benzene rings is 1. The predicted octanol–water partition coefficient (Wildman–Crippen LogP) is 4.70. The maximum absolute atomic E-state index is 5.85. The van der Waals surface area contributed by atoms with Crippen LogP contribution in [0.4, 0.5) is 0 Å². The van der Waals surface area contributed by atoms with Crippen molar-refractivity contribution in [2.24, 2.45) is 0 Å². The Morgan fingerprint density at radius 3 is 2.23 bits per heavy atom. The molecule has 0 aromatic heterocycles. The van der Waals surface area contributed by atoms with E-state index in [2.05, 4.69) is 0 Å². The van der Waals surface area contributed by atoms with E-state index < -0.39 is 0 Å². The molecule has 0 saturated heterocycles. The predicted molar refractivity (Wildman–Crippen MR) is 57.7 cm³/mol. The van der Waals surface area contributed by atoms with Gasteiger partial charge in [-0.1, -0.05) is 46.4 Å². The molecule has 0 heterocycles. The van der Waals surface area contributed by atoms with Gasteiger partial charge in [0.1, 0.15) is 10.8 Å². The summed E-state index contributed by atoms with van der Waals surface area (Å²) in [6.45, 7) is 2.33. The molecule has 1 nitrogen and oxygen atoms in total. The zero-order valence-corrected chi connectivity index (χ0v) is 9.73. The molecule has 0 aliphatic carbocycles. The fraction of sp³-hybridized carbons (Fsp3) is 0.250. The Morgan fingerprint density at radius 1 is 1.08 bits per heavy atom. The van der Waals surface area contributed by atoms with Crippen molar-refractivity contribution in [2.75, 3.05) is 6.61 Å². The van der Waals surface area contributed by atoms with Gasteiger partial charge in [0.25, 0.3) is 0 Å². The fourth-order valence-electron chi connectivity index (χ4n) is 0.812. The summed E-state index contributed by atoms with van der Waals surface area (Å²) in [5.74, 6) is 0.448. The van der Waals surface area contributed by atoms with E-state index in [1.165, 1.54) is 0 Å². The van der Waals surface area contributed by atoms with E-state index in [0.717, 1.165) is 0 Å². The molecule has 0 aliphatic heterocycles. The summed E-state index contributed by atoms with van der Waals surface area (Å²) in [6, 6.07) is 1.54. The average molecular weight is 260 g/mol.